The molecule has 8 heteroatoms. The summed E-state index contributed by atoms with van der Waals surface area (Å²) in [5.74, 6) is -1.53. The summed E-state index contributed by atoms with van der Waals surface area (Å²) in [5, 5.41) is 13.2. The lowest BCUT2D eigenvalue weighted by Gasteiger charge is -2.20. The van der Waals surface area contributed by atoms with Crippen molar-refractivity contribution in [3.63, 3.8) is 0 Å². The highest BCUT2D eigenvalue weighted by molar-refractivity contribution is 6.41. The summed E-state index contributed by atoms with van der Waals surface area (Å²) in [6.45, 7) is 4.77. The Balaban J connectivity index is 2.89. The third-order valence-corrected chi connectivity index (χ3v) is 3.21. The Morgan fingerprint density at radius 3 is 2.36 bits per heavy atom. The van der Waals surface area contributed by atoms with Gasteiger partial charge in [-0.15, -0.1) is 0 Å². The number of nitro benzene ring substituents is 1. The van der Waals surface area contributed by atoms with Gasteiger partial charge in [-0.05, 0) is 18.9 Å². The lowest BCUT2D eigenvalue weighted by Crippen LogP contribution is -2.40. The molecule has 1 aromatic carbocycles. The van der Waals surface area contributed by atoms with Crippen LogP contribution in [0.1, 0.15) is 26.7 Å². The molecule has 1 rings (SSSR count). The van der Waals surface area contributed by atoms with Crippen LogP contribution in [0.4, 0.5) is 11.4 Å². The minimum atomic E-state index is -0.857. The van der Waals surface area contributed by atoms with Crippen molar-refractivity contribution in [3.05, 3.63) is 33.3 Å². The lowest BCUT2D eigenvalue weighted by atomic mass is 10.2. The van der Waals surface area contributed by atoms with Crippen molar-refractivity contribution in [2.75, 3.05) is 18.4 Å². The van der Waals surface area contributed by atoms with E-state index in [9.17, 15) is 19.7 Å². The first-order valence-electron chi connectivity index (χ1n) is 6.94. The van der Waals surface area contributed by atoms with E-state index in [-0.39, 0.29) is 16.4 Å². The summed E-state index contributed by atoms with van der Waals surface area (Å²) < 4.78 is 0. The van der Waals surface area contributed by atoms with Crippen molar-refractivity contribution >= 4 is 34.8 Å². The van der Waals surface area contributed by atoms with E-state index in [0.29, 0.717) is 13.1 Å². The highest BCUT2D eigenvalue weighted by Gasteiger charge is 2.22. The largest absolute Gasteiger partial charge is 0.334 e. The number of nitrogens with zero attached hydrogens (tertiary/aromatic N) is 2. The molecule has 0 bridgehead atoms. The number of non-ortho nitro benzene ring substituents is 1. The van der Waals surface area contributed by atoms with Crippen molar-refractivity contribution in [2.24, 2.45) is 0 Å². The maximum absolute atomic E-state index is 12.1. The van der Waals surface area contributed by atoms with Gasteiger partial charge in [0, 0.05) is 25.2 Å². The van der Waals surface area contributed by atoms with Gasteiger partial charge in [0.25, 0.3) is 5.69 Å². The first kappa shape index (κ1) is 17.9. The summed E-state index contributed by atoms with van der Waals surface area (Å²) >= 11 is 5.89. The molecule has 0 unspecified atom stereocenters. The first-order chi connectivity index (χ1) is 10.4. The Morgan fingerprint density at radius 1 is 1.27 bits per heavy atom. The van der Waals surface area contributed by atoms with Crippen molar-refractivity contribution in [1.29, 1.82) is 0 Å². The average molecular weight is 328 g/mol. The Morgan fingerprint density at radius 2 is 1.86 bits per heavy atom. The van der Waals surface area contributed by atoms with Gasteiger partial charge in [0.1, 0.15) is 0 Å². The number of carbonyl (C=O) groups is 2. The summed E-state index contributed by atoms with van der Waals surface area (Å²) in [5.41, 5.74) is -0.173. The minimum absolute atomic E-state index is 0.0437. The fourth-order valence-electron chi connectivity index (χ4n) is 1.90. The molecular formula is C14H18ClN3O4. The fourth-order valence-corrected chi connectivity index (χ4v) is 2.06. The van der Waals surface area contributed by atoms with Crippen molar-refractivity contribution < 1.29 is 14.5 Å². The molecule has 0 fully saturated rings. The van der Waals surface area contributed by atoms with Crippen molar-refractivity contribution in [3.8, 4) is 0 Å². The summed E-state index contributed by atoms with van der Waals surface area (Å²) in [4.78, 5) is 35.7. The number of nitro groups is 1. The molecule has 0 aliphatic carbocycles. The number of benzene rings is 1. The molecule has 0 aliphatic heterocycles. The van der Waals surface area contributed by atoms with Crippen LogP contribution in [0.25, 0.3) is 0 Å². The normalized spacial score (nSPS) is 10.1. The molecule has 1 N–H and O–H groups in total. The van der Waals surface area contributed by atoms with Gasteiger partial charge in [-0.1, -0.05) is 25.4 Å². The summed E-state index contributed by atoms with van der Waals surface area (Å²) in [6.07, 6.45) is 1.47. The number of carbonyl (C=O) groups excluding carboxylic acids is 2. The number of nitrogens with one attached hydrogen (secondary N) is 1. The predicted octanol–water partition coefficient (Wildman–Crippen LogP) is 2.84. The van der Waals surface area contributed by atoms with E-state index < -0.39 is 16.7 Å². The fraction of sp³-hybridized carbons (Fsp3) is 0.429. The molecule has 7 nitrogen and oxygen atoms in total. The van der Waals surface area contributed by atoms with E-state index in [4.69, 9.17) is 11.6 Å². The molecule has 0 aromatic heterocycles. The second-order valence-corrected chi connectivity index (χ2v) is 5.07. The number of rotatable bonds is 6. The highest BCUT2D eigenvalue weighted by Crippen LogP contribution is 2.26. The van der Waals surface area contributed by atoms with E-state index in [0.717, 1.165) is 18.9 Å². The van der Waals surface area contributed by atoms with Crippen molar-refractivity contribution in [2.45, 2.75) is 26.7 Å². The average Bonchev–Trinajstić information content (AvgIpc) is 2.48. The number of hydrogen-bond donors (Lipinski definition) is 1. The first-order valence-corrected chi connectivity index (χ1v) is 7.32. The van der Waals surface area contributed by atoms with Crippen LogP contribution in [-0.4, -0.2) is 34.7 Å². The molecule has 0 radical (unpaired) electrons. The van der Waals surface area contributed by atoms with Gasteiger partial charge >= 0.3 is 11.8 Å². The van der Waals surface area contributed by atoms with Crippen LogP contribution in [0.3, 0.4) is 0 Å². The number of amides is 2. The molecule has 120 valence electrons. The van der Waals surface area contributed by atoms with Crippen LogP contribution in [-0.2, 0) is 9.59 Å². The molecule has 0 heterocycles. The standard InChI is InChI=1S/C14H18ClN3O4/c1-3-7-17(8-4-2)14(20)13(19)16-12-9-10(18(21)22)5-6-11(12)15/h5-6,9H,3-4,7-8H2,1-2H3,(H,16,19). The highest BCUT2D eigenvalue weighted by atomic mass is 35.5. The van der Waals surface area contributed by atoms with Crippen LogP contribution in [0, 0.1) is 10.1 Å². The summed E-state index contributed by atoms with van der Waals surface area (Å²) in [6, 6.07) is 3.65. The molecule has 22 heavy (non-hydrogen) atoms. The molecule has 0 atom stereocenters. The molecule has 0 spiro atoms. The Hall–Kier alpha value is -2.15. The van der Waals surface area contributed by atoms with E-state index in [1.807, 2.05) is 13.8 Å². The molecule has 0 aliphatic rings. The molecule has 0 saturated heterocycles. The minimum Gasteiger partial charge on any atom is -0.334 e. The zero-order valence-electron chi connectivity index (χ0n) is 12.5. The monoisotopic (exact) mass is 327 g/mol. The van der Waals surface area contributed by atoms with Crippen LogP contribution in [0.15, 0.2) is 18.2 Å². The van der Waals surface area contributed by atoms with Gasteiger partial charge in [-0.25, -0.2) is 0 Å². The van der Waals surface area contributed by atoms with Crippen LogP contribution in [0.5, 0.6) is 0 Å². The molecule has 1 aromatic rings. The van der Waals surface area contributed by atoms with Crippen LogP contribution >= 0.6 is 11.6 Å². The molecular weight excluding hydrogens is 310 g/mol. The zero-order chi connectivity index (χ0) is 16.7. The second-order valence-electron chi connectivity index (χ2n) is 4.67. The van der Waals surface area contributed by atoms with E-state index >= 15 is 0 Å². The van der Waals surface area contributed by atoms with Gasteiger partial charge in [-0.3, -0.25) is 19.7 Å². The zero-order valence-corrected chi connectivity index (χ0v) is 13.2. The SMILES string of the molecule is CCCN(CCC)C(=O)C(=O)Nc1cc([N+](=O)[O-])ccc1Cl. The summed E-state index contributed by atoms with van der Waals surface area (Å²) in [7, 11) is 0. The van der Waals surface area contributed by atoms with Gasteiger partial charge < -0.3 is 10.2 Å². The Bertz CT molecular complexity index is 571. The lowest BCUT2D eigenvalue weighted by molar-refractivity contribution is -0.384. The molecule has 2 amide bonds. The molecule has 0 saturated carbocycles. The van der Waals surface area contributed by atoms with Crippen LogP contribution < -0.4 is 5.32 Å². The number of hydrogen-bond acceptors (Lipinski definition) is 4. The van der Waals surface area contributed by atoms with Gasteiger partial charge in [0.15, 0.2) is 0 Å². The van der Waals surface area contributed by atoms with Gasteiger partial charge in [0.05, 0.1) is 15.6 Å². The van der Waals surface area contributed by atoms with E-state index in [1.54, 1.807) is 0 Å². The maximum atomic E-state index is 12.1. The predicted molar refractivity (Wildman–Crippen MR) is 83.9 cm³/mol. The second kappa shape index (κ2) is 8.33. The number of anilines is 1. The Labute approximate surface area is 133 Å². The third kappa shape index (κ3) is 4.70. The Kier molecular flexibility index (Phi) is 6.78. The van der Waals surface area contributed by atoms with Crippen molar-refractivity contribution in [1.82, 2.24) is 4.90 Å². The topological polar surface area (TPSA) is 92.6 Å². The van der Waals surface area contributed by atoms with Gasteiger partial charge in [-0.2, -0.15) is 0 Å². The van der Waals surface area contributed by atoms with Crippen LogP contribution in [0.2, 0.25) is 5.02 Å². The smallest absolute Gasteiger partial charge is 0.313 e. The third-order valence-electron chi connectivity index (χ3n) is 2.88. The number of halogens is 1. The van der Waals surface area contributed by atoms with Gasteiger partial charge in [0.2, 0.25) is 0 Å². The van der Waals surface area contributed by atoms with E-state index in [1.165, 1.54) is 17.0 Å². The van der Waals surface area contributed by atoms with E-state index in [2.05, 4.69) is 5.32 Å². The quantitative estimate of drug-likeness (QED) is 0.494. The maximum Gasteiger partial charge on any atom is 0.313 e.